The Morgan fingerprint density at radius 3 is 2.76 bits per heavy atom. The summed E-state index contributed by atoms with van der Waals surface area (Å²) in [6.07, 6.45) is 5.19. The summed E-state index contributed by atoms with van der Waals surface area (Å²) in [6.45, 7) is 7.86. The number of nitrogens with one attached hydrogen (secondary N) is 1. The molecule has 98 valence electrons. The third kappa shape index (κ3) is 5.84. The Bertz CT molecular complexity index is 248. The molecule has 0 aromatic carbocycles. The van der Waals surface area contributed by atoms with E-state index in [0.717, 1.165) is 45.3 Å². The van der Waals surface area contributed by atoms with Gasteiger partial charge in [0.25, 0.3) is 0 Å². The first-order valence-corrected chi connectivity index (χ1v) is 6.40. The molecule has 4 nitrogen and oxygen atoms in total. The monoisotopic (exact) mass is 240 g/mol. The number of rotatable bonds is 6. The van der Waals surface area contributed by atoms with Gasteiger partial charge < -0.3 is 15.3 Å². The molecule has 0 spiro atoms. The number of aliphatic hydroxyl groups excluding tert-OH is 1. The molecule has 0 saturated carbocycles. The molecule has 1 atom stereocenters. The molecule has 17 heavy (non-hydrogen) atoms. The van der Waals surface area contributed by atoms with Crippen LogP contribution in [0.25, 0.3) is 0 Å². The highest BCUT2D eigenvalue weighted by molar-refractivity contribution is 5.73. The van der Waals surface area contributed by atoms with Gasteiger partial charge in [0.1, 0.15) is 0 Å². The Kier molecular flexibility index (Phi) is 6.22. The van der Waals surface area contributed by atoms with Gasteiger partial charge in [-0.05, 0) is 25.7 Å². The zero-order valence-corrected chi connectivity index (χ0v) is 10.7. The number of amides is 1. The lowest BCUT2D eigenvalue weighted by atomic mass is 10.0. The Morgan fingerprint density at radius 2 is 2.24 bits per heavy atom. The molecule has 0 aliphatic carbocycles. The Morgan fingerprint density at radius 1 is 1.59 bits per heavy atom. The number of hydrogen-bond acceptors (Lipinski definition) is 3. The average molecular weight is 240 g/mol. The van der Waals surface area contributed by atoms with Crippen LogP contribution in [0.4, 0.5) is 0 Å². The zero-order valence-electron chi connectivity index (χ0n) is 10.7. The van der Waals surface area contributed by atoms with Crippen molar-refractivity contribution in [2.75, 3.05) is 19.6 Å². The van der Waals surface area contributed by atoms with Crippen molar-refractivity contribution in [3.05, 3.63) is 12.7 Å². The molecule has 1 unspecified atom stereocenters. The largest absolute Gasteiger partial charge is 0.392 e. The summed E-state index contributed by atoms with van der Waals surface area (Å²) in [7, 11) is 0. The van der Waals surface area contributed by atoms with Gasteiger partial charge in [0.15, 0.2) is 0 Å². The number of piperidine rings is 1. The van der Waals surface area contributed by atoms with E-state index in [9.17, 15) is 9.90 Å². The fourth-order valence-electron chi connectivity index (χ4n) is 2.25. The van der Waals surface area contributed by atoms with Gasteiger partial charge in [-0.15, -0.1) is 6.58 Å². The molecule has 0 bridgehead atoms. The molecule has 1 aliphatic heterocycles. The lowest BCUT2D eigenvalue weighted by Gasteiger charge is -2.33. The fourth-order valence-corrected chi connectivity index (χ4v) is 2.25. The van der Waals surface area contributed by atoms with E-state index in [0.29, 0.717) is 6.04 Å². The Hall–Kier alpha value is -0.870. The van der Waals surface area contributed by atoms with Crippen molar-refractivity contribution in [1.82, 2.24) is 10.2 Å². The molecule has 1 rings (SSSR count). The van der Waals surface area contributed by atoms with Crippen LogP contribution < -0.4 is 5.32 Å². The first-order chi connectivity index (χ1) is 8.11. The van der Waals surface area contributed by atoms with Crippen molar-refractivity contribution in [2.45, 2.75) is 44.8 Å². The van der Waals surface area contributed by atoms with Crippen molar-refractivity contribution in [2.24, 2.45) is 0 Å². The zero-order chi connectivity index (χ0) is 12.7. The molecule has 1 heterocycles. The van der Waals surface area contributed by atoms with Crippen LogP contribution in [0.2, 0.25) is 0 Å². The van der Waals surface area contributed by atoms with Crippen molar-refractivity contribution in [1.29, 1.82) is 0 Å². The molecule has 1 amide bonds. The van der Waals surface area contributed by atoms with Gasteiger partial charge in [0, 0.05) is 32.6 Å². The number of carbonyl (C=O) groups excluding carboxylic acids is 1. The first kappa shape index (κ1) is 14.2. The highest BCUT2D eigenvalue weighted by Crippen LogP contribution is 2.11. The van der Waals surface area contributed by atoms with E-state index in [4.69, 9.17) is 0 Å². The minimum absolute atomic E-state index is 0.0504. The number of hydrogen-bond donors (Lipinski definition) is 2. The van der Waals surface area contributed by atoms with Gasteiger partial charge in [-0.2, -0.15) is 0 Å². The van der Waals surface area contributed by atoms with E-state index in [1.807, 2.05) is 6.08 Å². The second-order valence-corrected chi connectivity index (χ2v) is 4.80. The molecule has 1 saturated heterocycles. The second-order valence-electron chi connectivity index (χ2n) is 4.80. The molecule has 4 heteroatoms. The summed E-state index contributed by atoms with van der Waals surface area (Å²) in [5.41, 5.74) is 0. The van der Waals surface area contributed by atoms with Gasteiger partial charge in [-0.3, -0.25) is 4.79 Å². The molecular weight excluding hydrogens is 216 g/mol. The molecule has 0 radical (unpaired) electrons. The van der Waals surface area contributed by atoms with Crippen LogP contribution in [0, 0.1) is 0 Å². The Labute approximate surface area is 104 Å². The van der Waals surface area contributed by atoms with E-state index >= 15 is 0 Å². The molecule has 1 aliphatic rings. The highest BCUT2D eigenvalue weighted by Gasteiger charge is 2.20. The topological polar surface area (TPSA) is 52.6 Å². The van der Waals surface area contributed by atoms with Crippen molar-refractivity contribution in [3.63, 3.8) is 0 Å². The lowest BCUT2D eigenvalue weighted by molar-refractivity contribution is -0.120. The second kappa shape index (κ2) is 7.45. The number of likely N-dealkylation sites (tertiary alicyclic amines) is 1. The normalized spacial score (nSPS) is 19.9. The number of aliphatic hydroxyl groups is 1. The minimum Gasteiger partial charge on any atom is -0.392 e. The van der Waals surface area contributed by atoms with Gasteiger partial charge in [0.05, 0.1) is 6.10 Å². The van der Waals surface area contributed by atoms with Gasteiger partial charge >= 0.3 is 0 Å². The van der Waals surface area contributed by atoms with Gasteiger partial charge in [-0.25, -0.2) is 0 Å². The number of allylic oxidation sites excluding steroid dienone is 1. The van der Waals surface area contributed by atoms with Gasteiger partial charge in [0.2, 0.25) is 5.91 Å². The summed E-state index contributed by atoms with van der Waals surface area (Å²) in [5.74, 6) is 0.0504. The van der Waals surface area contributed by atoms with Crippen LogP contribution in [-0.4, -0.2) is 47.7 Å². The van der Waals surface area contributed by atoms with E-state index < -0.39 is 0 Å². The maximum absolute atomic E-state index is 10.9. The third-order valence-corrected chi connectivity index (χ3v) is 3.17. The average Bonchev–Trinajstić information content (AvgIpc) is 2.28. The molecule has 0 aromatic heterocycles. The van der Waals surface area contributed by atoms with Crippen LogP contribution in [-0.2, 0) is 4.79 Å². The van der Waals surface area contributed by atoms with E-state index in [1.165, 1.54) is 0 Å². The van der Waals surface area contributed by atoms with Crippen LogP contribution in [0.1, 0.15) is 32.6 Å². The van der Waals surface area contributed by atoms with Gasteiger partial charge in [-0.1, -0.05) is 6.08 Å². The smallest absolute Gasteiger partial charge is 0.217 e. The lowest BCUT2D eigenvalue weighted by Crippen LogP contribution is -2.46. The van der Waals surface area contributed by atoms with E-state index in [2.05, 4.69) is 16.8 Å². The highest BCUT2D eigenvalue weighted by atomic mass is 16.3. The SMILES string of the molecule is C=CCCC(O)CN1CCC(NC(C)=O)CC1. The quantitative estimate of drug-likeness (QED) is 0.679. The summed E-state index contributed by atoms with van der Waals surface area (Å²) in [6, 6.07) is 0.314. The summed E-state index contributed by atoms with van der Waals surface area (Å²) in [5, 5.41) is 12.7. The molecule has 0 aromatic rings. The van der Waals surface area contributed by atoms with Crippen molar-refractivity contribution >= 4 is 5.91 Å². The van der Waals surface area contributed by atoms with Crippen molar-refractivity contribution < 1.29 is 9.90 Å². The standard InChI is InChI=1S/C13H24N2O2/c1-3-4-5-13(17)10-15-8-6-12(7-9-15)14-11(2)16/h3,12-13,17H,1,4-10H2,2H3,(H,14,16). The Balaban J connectivity index is 2.18. The summed E-state index contributed by atoms with van der Waals surface area (Å²) in [4.78, 5) is 13.2. The number of carbonyl (C=O) groups is 1. The molecule has 2 N–H and O–H groups in total. The van der Waals surface area contributed by atoms with Crippen LogP contribution in [0.15, 0.2) is 12.7 Å². The van der Waals surface area contributed by atoms with E-state index in [1.54, 1.807) is 6.92 Å². The van der Waals surface area contributed by atoms with E-state index in [-0.39, 0.29) is 12.0 Å². The minimum atomic E-state index is -0.259. The predicted octanol–water partition coefficient (Wildman–Crippen LogP) is 0.914. The van der Waals surface area contributed by atoms with Crippen LogP contribution >= 0.6 is 0 Å². The maximum atomic E-state index is 10.9. The number of β-amino-alcohol motifs (C(OH)–C–C–N with tert-alkyl or cyclic N) is 1. The predicted molar refractivity (Wildman–Crippen MR) is 68.7 cm³/mol. The first-order valence-electron chi connectivity index (χ1n) is 6.40. The molecule has 1 fully saturated rings. The summed E-state index contributed by atoms with van der Waals surface area (Å²) < 4.78 is 0. The van der Waals surface area contributed by atoms with Crippen LogP contribution in [0.5, 0.6) is 0 Å². The van der Waals surface area contributed by atoms with Crippen LogP contribution in [0.3, 0.4) is 0 Å². The molecular formula is C13H24N2O2. The summed E-state index contributed by atoms with van der Waals surface area (Å²) >= 11 is 0. The maximum Gasteiger partial charge on any atom is 0.217 e. The number of nitrogens with zero attached hydrogens (tertiary/aromatic N) is 1. The third-order valence-electron chi connectivity index (χ3n) is 3.17. The van der Waals surface area contributed by atoms with Crippen molar-refractivity contribution in [3.8, 4) is 0 Å². The fraction of sp³-hybridized carbons (Fsp3) is 0.769.